The molecule has 0 saturated heterocycles. The first-order valence-electron chi connectivity index (χ1n) is 7.97. The summed E-state index contributed by atoms with van der Waals surface area (Å²) in [6, 6.07) is 13.6. The first kappa shape index (κ1) is 18.1. The van der Waals surface area contributed by atoms with E-state index in [2.05, 4.69) is 38.3 Å². The summed E-state index contributed by atoms with van der Waals surface area (Å²) in [5.74, 6) is -0.211. The van der Waals surface area contributed by atoms with Crippen LogP contribution in [0.4, 0.5) is 5.69 Å². The van der Waals surface area contributed by atoms with E-state index in [1.165, 1.54) is 16.7 Å². The molecule has 0 bridgehead atoms. The molecule has 24 heavy (non-hydrogen) atoms. The summed E-state index contributed by atoms with van der Waals surface area (Å²) in [5.41, 5.74) is 5.10. The molecule has 0 aliphatic heterocycles. The van der Waals surface area contributed by atoms with Crippen molar-refractivity contribution in [3.63, 3.8) is 0 Å². The molecule has 0 radical (unpaired) electrons. The summed E-state index contributed by atoms with van der Waals surface area (Å²) in [7, 11) is 0. The quantitative estimate of drug-likeness (QED) is 0.777. The van der Waals surface area contributed by atoms with Gasteiger partial charge in [0.2, 0.25) is 0 Å². The van der Waals surface area contributed by atoms with Gasteiger partial charge in [0.15, 0.2) is 5.11 Å². The zero-order valence-electron chi connectivity index (χ0n) is 14.9. The van der Waals surface area contributed by atoms with E-state index in [1.807, 2.05) is 49.4 Å². The number of anilines is 1. The summed E-state index contributed by atoms with van der Waals surface area (Å²) in [5, 5.41) is 6.06. The Morgan fingerprint density at radius 3 is 2.12 bits per heavy atom. The second kappa shape index (κ2) is 7.14. The molecule has 3 nitrogen and oxygen atoms in total. The minimum Gasteiger partial charge on any atom is -0.332 e. The van der Waals surface area contributed by atoms with Crippen LogP contribution in [0.25, 0.3) is 0 Å². The topological polar surface area (TPSA) is 41.1 Å². The fraction of sp³-hybridized carbons (Fsp3) is 0.300. The first-order chi connectivity index (χ1) is 11.2. The Labute approximate surface area is 149 Å². The molecule has 126 valence electrons. The highest BCUT2D eigenvalue weighted by Crippen LogP contribution is 2.22. The fourth-order valence-electron chi connectivity index (χ4n) is 2.28. The molecule has 2 rings (SSSR count). The normalized spacial score (nSPS) is 11.0. The lowest BCUT2D eigenvalue weighted by Crippen LogP contribution is -2.34. The average Bonchev–Trinajstić information content (AvgIpc) is 2.50. The molecular weight excluding hydrogens is 316 g/mol. The van der Waals surface area contributed by atoms with Gasteiger partial charge in [-0.2, -0.15) is 0 Å². The van der Waals surface area contributed by atoms with Crippen molar-refractivity contribution in [3.05, 3.63) is 64.7 Å². The summed E-state index contributed by atoms with van der Waals surface area (Å²) < 4.78 is 0. The van der Waals surface area contributed by atoms with Gasteiger partial charge in [-0.25, -0.2) is 0 Å². The monoisotopic (exact) mass is 340 g/mol. The number of benzene rings is 2. The zero-order chi connectivity index (χ0) is 17.9. The number of aryl methyl sites for hydroxylation is 2. The molecular formula is C20H24N2OS. The van der Waals surface area contributed by atoms with E-state index in [9.17, 15) is 4.79 Å². The molecule has 2 N–H and O–H groups in total. The number of carbonyl (C=O) groups is 1. The third kappa shape index (κ3) is 4.65. The molecule has 4 heteroatoms. The van der Waals surface area contributed by atoms with E-state index in [0.29, 0.717) is 10.7 Å². The number of hydrogen-bond donors (Lipinski definition) is 2. The second-order valence-electron chi connectivity index (χ2n) is 7.03. The van der Waals surface area contributed by atoms with Crippen LogP contribution in [0.1, 0.15) is 47.8 Å². The zero-order valence-corrected chi connectivity index (χ0v) is 15.7. The van der Waals surface area contributed by atoms with Crippen molar-refractivity contribution in [1.82, 2.24) is 5.32 Å². The maximum absolute atomic E-state index is 12.3. The van der Waals surface area contributed by atoms with Gasteiger partial charge in [-0.3, -0.25) is 10.1 Å². The SMILES string of the molecule is Cc1ccc(NC(=S)NC(=O)c2ccc(C(C)(C)C)cc2)cc1C. The molecule has 0 atom stereocenters. The Balaban J connectivity index is 2.00. The highest BCUT2D eigenvalue weighted by molar-refractivity contribution is 7.80. The fourth-order valence-corrected chi connectivity index (χ4v) is 2.49. The van der Waals surface area contributed by atoms with Crippen LogP contribution in [-0.4, -0.2) is 11.0 Å². The number of thiocarbonyl (C=S) groups is 1. The van der Waals surface area contributed by atoms with Crippen LogP contribution in [0, 0.1) is 13.8 Å². The number of carbonyl (C=O) groups excluding carboxylic acids is 1. The minimum atomic E-state index is -0.211. The smallest absolute Gasteiger partial charge is 0.257 e. The van der Waals surface area contributed by atoms with Crippen molar-refractivity contribution in [2.75, 3.05) is 5.32 Å². The Kier molecular flexibility index (Phi) is 5.40. The number of rotatable bonds is 2. The molecule has 0 aromatic heterocycles. The lowest BCUT2D eigenvalue weighted by Gasteiger charge is -2.19. The van der Waals surface area contributed by atoms with Crippen LogP contribution in [0.3, 0.4) is 0 Å². The number of nitrogens with one attached hydrogen (secondary N) is 2. The summed E-state index contributed by atoms with van der Waals surface area (Å²) in [4.78, 5) is 12.3. The largest absolute Gasteiger partial charge is 0.332 e. The maximum atomic E-state index is 12.3. The minimum absolute atomic E-state index is 0.0646. The van der Waals surface area contributed by atoms with Gasteiger partial charge in [-0.15, -0.1) is 0 Å². The predicted octanol–water partition coefficient (Wildman–Crippen LogP) is 4.73. The molecule has 0 aliphatic carbocycles. The van der Waals surface area contributed by atoms with Crippen LogP contribution in [0.5, 0.6) is 0 Å². The summed E-state index contributed by atoms with van der Waals surface area (Å²) >= 11 is 5.23. The van der Waals surface area contributed by atoms with Gasteiger partial charge < -0.3 is 5.32 Å². The summed E-state index contributed by atoms with van der Waals surface area (Å²) in [6.07, 6.45) is 0. The van der Waals surface area contributed by atoms with Gasteiger partial charge in [0.05, 0.1) is 0 Å². The van der Waals surface area contributed by atoms with E-state index in [4.69, 9.17) is 12.2 Å². The summed E-state index contributed by atoms with van der Waals surface area (Å²) in [6.45, 7) is 10.5. The standard InChI is InChI=1S/C20H24N2OS/c1-13-6-11-17(12-14(13)2)21-19(24)22-18(23)15-7-9-16(10-8-15)20(3,4)5/h6-12H,1-5H3,(H2,21,22,23,24). The second-order valence-corrected chi connectivity index (χ2v) is 7.44. The van der Waals surface area contributed by atoms with Crippen molar-refractivity contribution in [3.8, 4) is 0 Å². The molecule has 0 aliphatic rings. The van der Waals surface area contributed by atoms with Crippen LogP contribution < -0.4 is 10.6 Å². The molecule has 0 spiro atoms. The number of hydrogen-bond acceptors (Lipinski definition) is 2. The molecule has 2 aromatic carbocycles. The first-order valence-corrected chi connectivity index (χ1v) is 8.38. The molecule has 0 saturated carbocycles. The third-order valence-corrected chi connectivity index (χ3v) is 4.21. The van der Waals surface area contributed by atoms with E-state index in [0.717, 1.165) is 5.69 Å². The van der Waals surface area contributed by atoms with Crippen LogP contribution >= 0.6 is 12.2 Å². The van der Waals surface area contributed by atoms with E-state index in [1.54, 1.807) is 0 Å². The van der Waals surface area contributed by atoms with Crippen molar-refractivity contribution in [2.24, 2.45) is 0 Å². The molecule has 2 aromatic rings. The Hall–Kier alpha value is -2.20. The van der Waals surface area contributed by atoms with Crippen molar-refractivity contribution >= 4 is 28.9 Å². The Morgan fingerprint density at radius 1 is 0.958 bits per heavy atom. The van der Waals surface area contributed by atoms with Gasteiger partial charge in [0.1, 0.15) is 0 Å². The Morgan fingerprint density at radius 2 is 1.58 bits per heavy atom. The van der Waals surface area contributed by atoms with Gasteiger partial charge >= 0.3 is 0 Å². The number of amides is 1. The molecule has 1 amide bonds. The van der Waals surface area contributed by atoms with Gasteiger partial charge in [-0.05, 0) is 72.4 Å². The van der Waals surface area contributed by atoms with Crippen molar-refractivity contribution < 1.29 is 4.79 Å². The average molecular weight is 340 g/mol. The Bertz CT molecular complexity index is 758. The van der Waals surface area contributed by atoms with E-state index < -0.39 is 0 Å². The van der Waals surface area contributed by atoms with Gasteiger partial charge in [0, 0.05) is 11.3 Å². The molecule has 0 fully saturated rings. The lowest BCUT2D eigenvalue weighted by molar-refractivity contribution is 0.0977. The van der Waals surface area contributed by atoms with Gasteiger partial charge in [-0.1, -0.05) is 39.0 Å². The molecule has 0 unspecified atom stereocenters. The van der Waals surface area contributed by atoms with Crippen LogP contribution in [0.15, 0.2) is 42.5 Å². The maximum Gasteiger partial charge on any atom is 0.257 e. The van der Waals surface area contributed by atoms with E-state index in [-0.39, 0.29) is 11.3 Å². The van der Waals surface area contributed by atoms with Crippen molar-refractivity contribution in [2.45, 2.75) is 40.0 Å². The van der Waals surface area contributed by atoms with Gasteiger partial charge in [0.25, 0.3) is 5.91 Å². The predicted molar refractivity (Wildman–Crippen MR) is 105 cm³/mol. The highest BCUT2D eigenvalue weighted by Gasteiger charge is 2.14. The van der Waals surface area contributed by atoms with Crippen molar-refractivity contribution in [1.29, 1.82) is 0 Å². The van der Waals surface area contributed by atoms with E-state index >= 15 is 0 Å². The third-order valence-electron chi connectivity index (χ3n) is 4.00. The lowest BCUT2D eigenvalue weighted by atomic mass is 9.87. The van der Waals surface area contributed by atoms with Crippen LogP contribution in [0.2, 0.25) is 0 Å². The van der Waals surface area contributed by atoms with Crippen LogP contribution in [-0.2, 0) is 5.41 Å². The molecule has 0 heterocycles. The highest BCUT2D eigenvalue weighted by atomic mass is 32.1.